The number of hydrogen-bond acceptors (Lipinski definition) is 7. The van der Waals surface area contributed by atoms with E-state index in [-0.39, 0.29) is 51.2 Å². The number of fused-ring (bicyclic) bond motifs is 7. The lowest BCUT2D eigenvalue weighted by molar-refractivity contribution is -0.253. The first kappa shape index (κ1) is 43.0. The van der Waals surface area contributed by atoms with Crippen LogP contribution in [-0.2, 0) is 33.3 Å². The smallest absolute Gasteiger partial charge is 0.309 e. The second-order valence-corrected chi connectivity index (χ2v) is 23.4. The van der Waals surface area contributed by atoms with E-state index >= 15 is 4.79 Å². The average molecular weight is 810 g/mol. The summed E-state index contributed by atoms with van der Waals surface area (Å²) in [6.07, 6.45) is 16.1. The van der Waals surface area contributed by atoms with E-state index in [4.69, 9.17) is 18.9 Å². The number of piperidine rings is 1. The van der Waals surface area contributed by atoms with E-state index in [9.17, 15) is 14.7 Å². The first-order chi connectivity index (χ1) is 27.3. The molecule has 9 heteroatoms. The van der Waals surface area contributed by atoms with Gasteiger partial charge in [-0.2, -0.15) is 0 Å². The highest BCUT2D eigenvalue weighted by molar-refractivity contribution is 5.84. The molecule has 8 aliphatic rings. The minimum atomic E-state index is -0.810. The third-order valence-electron chi connectivity index (χ3n) is 20.6. The van der Waals surface area contributed by atoms with Gasteiger partial charge in [-0.15, -0.1) is 0 Å². The molecule has 0 radical (unpaired) electrons. The quantitative estimate of drug-likeness (QED) is 0.154. The van der Waals surface area contributed by atoms with Gasteiger partial charge in [-0.3, -0.25) is 14.4 Å². The molecule has 0 bridgehead atoms. The molecular formula is C49H79NO8. The van der Waals surface area contributed by atoms with E-state index in [1.165, 1.54) is 38.5 Å². The molecule has 1 saturated heterocycles. The molecule has 1 heterocycles. The van der Waals surface area contributed by atoms with Crippen molar-refractivity contribution < 1.29 is 38.4 Å². The Hall–Kier alpha value is -1.71. The van der Waals surface area contributed by atoms with Crippen LogP contribution in [0.3, 0.4) is 0 Å². The van der Waals surface area contributed by atoms with Crippen molar-refractivity contribution >= 4 is 17.8 Å². The second kappa shape index (κ2) is 15.0. The molecule has 12 unspecified atom stereocenters. The van der Waals surface area contributed by atoms with E-state index in [1.807, 2.05) is 13.8 Å². The van der Waals surface area contributed by atoms with Crippen LogP contribution in [0.15, 0.2) is 0 Å². The fraction of sp³-hybridized carbons (Fsp3) is 0.939. The first-order valence-corrected chi connectivity index (χ1v) is 23.7. The molecule has 8 rings (SSSR count). The normalized spacial score (nSPS) is 44.8. The number of rotatable bonds is 12. The zero-order valence-electron chi connectivity index (χ0n) is 37.8. The fourth-order valence-corrected chi connectivity index (χ4v) is 16.5. The van der Waals surface area contributed by atoms with Crippen molar-refractivity contribution in [3.63, 3.8) is 0 Å². The lowest BCUT2D eigenvalue weighted by atomic mass is 9.32. The zero-order valence-corrected chi connectivity index (χ0v) is 37.8. The molecule has 0 aromatic heterocycles. The molecule has 9 nitrogen and oxygen atoms in total. The fourth-order valence-electron chi connectivity index (χ4n) is 16.5. The minimum Gasteiger partial charge on any atom is -0.481 e. The van der Waals surface area contributed by atoms with Crippen molar-refractivity contribution in [2.24, 2.45) is 79.3 Å². The van der Waals surface area contributed by atoms with Crippen LogP contribution >= 0.6 is 0 Å². The van der Waals surface area contributed by atoms with Gasteiger partial charge in [0, 0.05) is 25.6 Å². The third kappa shape index (κ3) is 6.48. The van der Waals surface area contributed by atoms with E-state index < -0.39 is 17.3 Å². The summed E-state index contributed by atoms with van der Waals surface area (Å²) in [5, 5.41) is 9.70. The molecular weight excluding hydrogens is 731 g/mol. The summed E-state index contributed by atoms with van der Waals surface area (Å²) >= 11 is 0. The molecule has 58 heavy (non-hydrogen) atoms. The molecule has 0 aromatic carbocycles. The standard InChI is InChI=1S/C49H79NO8/c1-43(2)34(40(51)52)30-35(43)41(53)58-38-14-17-46(6)36(44(38,3)4)13-18-48(8)37(46)11-10-33-39-32(45(5)20-21-45)12-19-49(39,23-22-47(33,48)7)42(54)50-24-15-31(16-25-50)57-29-28-56-27-26-55-9/h31-39H,10-30H2,1-9H3,(H,51,52). The summed E-state index contributed by atoms with van der Waals surface area (Å²) < 4.78 is 23.4. The number of carboxylic acid groups (broad SMARTS) is 1. The van der Waals surface area contributed by atoms with Crippen molar-refractivity contribution in [3.8, 4) is 0 Å². The predicted octanol–water partition coefficient (Wildman–Crippen LogP) is 9.20. The van der Waals surface area contributed by atoms with Crippen LogP contribution in [-0.4, -0.2) is 86.7 Å². The van der Waals surface area contributed by atoms with Gasteiger partial charge in [0.25, 0.3) is 0 Å². The Labute approximate surface area is 350 Å². The summed E-state index contributed by atoms with van der Waals surface area (Å²) in [5.74, 6) is 1.37. The Morgan fingerprint density at radius 1 is 0.655 bits per heavy atom. The lowest BCUT2D eigenvalue weighted by Gasteiger charge is -2.73. The molecule has 0 aromatic rings. The molecule has 8 fully saturated rings. The number of likely N-dealkylation sites (tertiary alicyclic amines) is 1. The summed E-state index contributed by atoms with van der Waals surface area (Å²) in [5.41, 5.74) is -0.0507. The number of hydrogen-bond donors (Lipinski definition) is 1. The SMILES string of the molecule is COCCOCCOC1CCN(C(=O)C23CCC(C4(C)CC4)C2C2CCC4C5(C)CCC(OC(=O)C6CC(C(=O)O)C6(C)C)C(C)(C)C5CCC4(C)C2(C)CC3)CC1. The van der Waals surface area contributed by atoms with Crippen molar-refractivity contribution in [2.75, 3.05) is 46.6 Å². The second-order valence-electron chi connectivity index (χ2n) is 23.4. The molecule has 7 saturated carbocycles. The van der Waals surface area contributed by atoms with Gasteiger partial charge in [-0.1, -0.05) is 55.4 Å². The molecule has 0 spiro atoms. The van der Waals surface area contributed by atoms with Crippen molar-refractivity contribution in [1.29, 1.82) is 0 Å². The number of esters is 1. The largest absolute Gasteiger partial charge is 0.481 e. The van der Waals surface area contributed by atoms with Gasteiger partial charge in [0.15, 0.2) is 0 Å². The van der Waals surface area contributed by atoms with Gasteiger partial charge in [0.1, 0.15) is 6.10 Å². The molecule has 1 amide bonds. The number of carbonyl (C=O) groups is 3. The van der Waals surface area contributed by atoms with E-state index in [1.54, 1.807) is 7.11 Å². The molecule has 1 aliphatic heterocycles. The highest BCUT2D eigenvalue weighted by Crippen LogP contribution is 2.79. The van der Waals surface area contributed by atoms with Gasteiger partial charge in [-0.25, -0.2) is 0 Å². The number of nitrogens with zero attached hydrogens (tertiary/aromatic N) is 1. The van der Waals surface area contributed by atoms with Crippen molar-refractivity contribution in [1.82, 2.24) is 4.90 Å². The topological polar surface area (TPSA) is 112 Å². The zero-order chi connectivity index (χ0) is 41.7. The highest BCUT2D eigenvalue weighted by Gasteiger charge is 2.74. The summed E-state index contributed by atoms with van der Waals surface area (Å²) in [6, 6.07) is 0. The van der Waals surface area contributed by atoms with Gasteiger partial charge < -0.3 is 29.0 Å². The third-order valence-corrected chi connectivity index (χ3v) is 20.6. The van der Waals surface area contributed by atoms with Crippen LogP contribution in [0, 0.1) is 79.3 Å². The maximum absolute atomic E-state index is 15.2. The first-order valence-electron chi connectivity index (χ1n) is 23.7. The Kier molecular flexibility index (Phi) is 11.1. The van der Waals surface area contributed by atoms with E-state index in [0.29, 0.717) is 73.8 Å². The van der Waals surface area contributed by atoms with Gasteiger partial charge >= 0.3 is 11.9 Å². The van der Waals surface area contributed by atoms with Gasteiger partial charge in [0.05, 0.1) is 49.8 Å². The summed E-state index contributed by atoms with van der Waals surface area (Å²) in [7, 11) is 1.69. The van der Waals surface area contributed by atoms with Crippen LogP contribution in [0.1, 0.15) is 152 Å². The van der Waals surface area contributed by atoms with Crippen LogP contribution in [0.2, 0.25) is 0 Å². The Bertz CT molecular complexity index is 1580. The van der Waals surface area contributed by atoms with Gasteiger partial charge in [-0.05, 0) is 153 Å². The molecule has 7 aliphatic carbocycles. The van der Waals surface area contributed by atoms with Crippen LogP contribution < -0.4 is 0 Å². The Morgan fingerprint density at radius 3 is 2.02 bits per heavy atom. The van der Waals surface area contributed by atoms with Crippen LogP contribution in [0.25, 0.3) is 0 Å². The van der Waals surface area contributed by atoms with Crippen LogP contribution in [0.5, 0.6) is 0 Å². The number of aliphatic carboxylic acids is 1. The number of amides is 1. The monoisotopic (exact) mass is 810 g/mol. The Morgan fingerprint density at radius 2 is 1.36 bits per heavy atom. The Balaban J connectivity index is 0.979. The molecule has 1 N–H and O–H groups in total. The summed E-state index contributed by atoms with van der Waals surface area (Å²) in [4.78, 5) is 43.0. The minimum absolute atomic E-state index is 0.148. The summed E-state index contributed by atoms with van der Waals surface area (Å²) in [6.45, 7) is 23.1. The number of methoxy groups -OCH3 is 1. The number of carbonyl (C=O) groups excluding carboxylic acids is 2. The maximum atomic E-state index is 15.2. The van der Waals surface area contributed by atoms with Crippen molar-refractivity contribution in [2.45, 2.75) is 164 Å². The number of carboxylic acids is 1. The predicted molar refractivity (Wildman–Crippen MR) is 223 cm³/mol. The van der Waals surface area contributed by atoms with Crippen LogP contribution in [0.4, 0.5) is 0 Å². The molecule has 328 valence electrons. The highest BCUT2D eigenvalue weighted by atomic mass is 16.5. The maximum Gasteiger partial charge on any atom is 0.309 e. The lowest BCUT2D eigenvalue weighted by Crippen LogP contribution is -2.68. The van der Waals surface area contributed by atoms with Crippen molar-refractivity contribution in [3.05, 3.63) is 0 Å². The number of ether oxygens (including phenoxy) is 4. The van der Waals surface area contributed by atoms with E-state index in [0.717, 1.165) is 64.5 Å². The average Bonchev–Trinajstić information content (AvgIpc) is 3.78. The molecule has 12 atom stereocenters. The van der Waals surface area contributed by atoms with E-state index in [2.05, 4.69) is 46.4 Å². The van der Waals surface area contributed by atoms with Gasteiger partial charge in [0.2, 0.25) is 5.91 Å².